The highest BCUT2D eigenvalue weighted by atomic mass is 19.1. The molecular formula is C23H24FN3O2. The zero-order valence-electron chi connectivity index (χ0n) is 16.4. The van der Waals surface area contributed by atoms with E-state index < -0.39 is 0 Å². The van der Waals surface area contributed by atoms with E-state index in [1.54, 1.807) is 12.1 Å². The average Bonchev–Trinajstić information content (AvgIpc) is 3.46. The van der Waals surface area contributed by atoms with Gasteiger partial charge in [0.1, 0.15) is 12.1 Å². The molecule has 3 aromatic rings. The first-order valence-corrected chi connectivity index (χ1v) is 9.83. The summed E-state index contributed by atoms with van der Waals surface area (Å²) >= 11 is 0. The van der Waals surface area contributed by atoms with Crippen LogP contribution in [0.2, 0.25) is 0 Å². The SMILES string of the molecule is Cc1cccc(CN(Cc2nc(C(=O)NCc3ccc(F)cc3)co2)C2CC2)c1. The van der Waals surface area contributed by atoms with Crippen LogP contribution in [0, 0.1) is 12.7 Å². The number of nitrogens with one attached hydrogen (secondary N) is 1. The van der Waals surface area contributed by atoms with Crippen LogP contribution in [-0.4, -0.2) is 21.8 Å². The number of hydrogen-bond donors (Lipinski definition) is 1. The number of aromatic nitrogens is 1. The summed E-state index contributed by atoms with van der Waals surface area (Å²) in [6, 6.07) is 15.1. The molecule has 1 aliphatic rings. The van der Waals surface area contributed by atoms with E-state index in [4.69, 9.17) is 4.42 Å². The number of oxazole rings is 1. The van der Waals surface area contributed by atoms with Gasteiger partial charge >= 0.3 is 0 Å². The summed E-state index contributed by atoms with van der Waals surface area (Å²) in [5.74, 6) is -0.0652. The number of nitrogens with zero attached hydrogens (tertiary/aromatic N) is 2. The number of rotatable bonds is 8. The molecule has 29 heavy (non-hydrogen) atoms. The van der Waals surface area contributed by atoms with E-state index in [1.807, 2.05) is 0 Å². The van der Waals surface area contributed by atoms with Crippen molar-refractivity contribution in [2.24, 2.45) is 0 Å². The van der Waals surface area contributed by atoms with Crippen molar-refractivity contribution in [3.63, 3.8) is 0 Å². The summed E-state index contributed by atoms with van der Waals surface area (Å²) in [5.41, 5.74) is 3.59. The third kappa shape index (κ3) is 5.29. The van der Waals surface area contributed by atoms with Gasteiger partial charge in [0.2, 0.25) is 5.89 Å². The van der Waals surface area contributed by atoms with Gasteiger partial charge in [0, 0.05) is 19.1 Å². The molecule has 0 atom stereocenters. The van der Waals surface area contributed by atoms with Crippen molar-refractivity contribution in [1.82, 2.24) is 15.2 Å². The molecule has 1 heterocycles. The van der Waals surface area contributed by atoms with Crippen LogP contribution < -0.4 is 5.32 Å². The van der Waals surface area contributed by atoms with Crippen LogP contribution in [-0.2, 0) is 19.6 Å². The van der Waals surface area contributed by atoms with E-state index in [0.717, 1.165) is 12.1 Å². The van der Waals surface area contributed by atoms with Crippen molar-refractivity contribution < 1.29 is 13.6 Å². The smallest absolute Gasteiger partial charge is 0.273 e. The van der Waals surface area contributed by atoms with Crippen molar-refractivity contribution in [3.8, 4) is 0 Å². The van der Waals surface area contributed by atoms with Gasteiger partial charge in [-0.3, -0.25) is 9.69 Å². The Labute approximate surface area is 169 Å². The monoisotopic (exact) mass is 393 g/mol. The lowest BCUT2D eigenvalue weighted by Crippen LogP contribution is -2.26. The molecule has 1 amide bonds. The molecule has 1 saturated carbocycles. The van der Waals surface area contributed by atoms with Crippen LogP contribution in [0.15, 0.2) is 59.2 Å². The summed E-state index contributed by atoms with van der Waals surface area (Å²) < 4.78 is 18.5. The first-order chi connectivity index (χ1) is 14.1. The number of amides is 1. The second-order valence-electron chi connectivity index (χ2n) is 7.56. The molecule has 0 unspecified atom stereocenters. The Morgan fingerprint density at radius 2 is 1.97 bits per heavy atom. The fourth-order valence-corrected chi connectivity index (χ4v) is 3.34. The maximum absolute atomic E-state index is 13.0. The Balaban J connectivity index is 1.35. The summed E-state index contributed by atoms with van der Waals surface area (Å²) in [4.78, 5) is 19.1. The molecule has 1 aromatic heterocycles. The Morgan fingerprint density at radius 3 is 2.69 bits per heavy atom. The predicted molar refractivity (Wildman–Crippen MR) is 108 cm³/mol. The first kappa shape index (κ1) is 19.3. The van der Waals surface area contributed by atoms with Crippen molar-refractivity contribution >= 4 is 5.91 Å². The highest BCUT2D eigenvalue weighted by Crippen LogP contribution is 2.29. The molecule has 5 nitrogen and oxygen atoms in total. The van der Waals surface area contributed by atoms with E-state index in [0.29, 0.717) is 25.0 Å². The Bertz CT molecular complexity index is 980. The lowest BCUT2D eigenvalue weighted by molar-refractivity contribution is 0.0945. The van der Waals surface area contributed by atoms with Gasteiger partial charge in [0.15, 0.2) is 5.69 Å². The summed E-state index contributed by atoms with van der Waals surface area (Å²) in [6.07, 6.45) is 3.75. The summed E-state index contributed by atoms with van der Waals surface area (Å²) in [5, 5.41) is 2.79. The number of aryl methyl sites for hydroxylation is 1. The van der Waals surface area contributed by atoms with E-state index in [9.17, 15) is 9.18 Å². The van der Waals surface area contributed by atoms with Gasteiger partial charge in [-0.15, -0.1) is 0 Å². The van der Waals surface area contributed by atoms with Crippen LogP contribution in [0.25, 0.3) is 0 Å². The van der Waals surface area contributed by atoms with E-state index in [1.165, 1.54) is 42.4 Å². The Morgan fingerprint density at radius 1 is 1.17 bits per heavy atom. The van der Waals surface area contributed by atoms with Gasteiger partial charge in [-0.1, -0.05) is 42.0 Å². The molecule has 2 aromatic carbocycles. The third-order valence-electron chi connectivity index (χ3n) is 5.02. The number of carbonyl (C=O) groups is 1. The molecule has 0 bridgehead atoms. The largest absolute Gasteiger partial charge is 0.447 e. The maximum Gasteiger partial charge on any atom is 0.273 e. The van der Waals surface area contributed by atoms with Crippen LogP contribution in [0.4, 0.5) is 4.39 Å². The van der Waals surface area contributed by atoms with Gasteiger partial charge in [-0.05, 0) is 43.0 Å². The van der Waals surface area contributed by atoms with Crippen molar-refractivity contribution in [2.45, 2.75) is 45.4 Å². The predicted octanol–water partition coefficient (Wildman–Crippen LogP) is 4.22. The van der Waals surface area contributed by atoms with Crippen molar-refractivity contribution in [1.29, 1.82) is 0 Å². The number of carbonyl (C=O) groups excluding carboxylic acids is 1. The highest BCUT2D eigenvalue weighted by molar-refractivity contribution is 5.91. The fourth-order valence-electron chi connectivity index (χ4n) is 3.34. The van der Waals surface area contributed by atoms with Crippen LogP contribution in [0.5, 0.6) is 0 Å². The van der Waals surface area contributed by atoms with Gasteiger partial charge in [0.25, 0.3) is 5.91 Å². The molecular weight excluding hydrogens is 369 g/mol. The molecule has 150 valence electrons. The topological polar surface area (TPSA) is 58.4 Å². The standard InChI is InChI=1S/C23H24FN3O2/c1-16-3-2-4-18(11-16)13-27(20-9-10-20)14-22-26-21(15-29-22)23(28)25-12-17-5-7-19(24)8-6-17/h2-8,11,15,20H,9-10,12-14H2,1H3,(H,25,28). The molecule has 1 aliphatic carbocycles. The molecule has 4 rings (SSSR count). The Kier molecular flexibility index (Phi) is 5.71. The van der Waals surface area contributed by atoms with Gasteiger partial charge in [-0.2, -0.15) is 0 Å². The van der Waals surface area contributed by atoms with Crippen LogP contribution in [0.3, 0.4) is 0 Å². The normalized spacial score (nSPS) is 13.6. The zero-order valence-corrected chi connectivity index (χ0v) is 16.4. The number of benzene rings is 2. The Hall–Kier alpha value is -2.99. The van der Waals surface area contributed by atoms with E-state index in [2.05, 4.69) is 46.4 Å². The second-order valence-corrected chi connectivity index (χ2v) is 7.56. The molecule has 1 fully saturated rings. The molecule has 0 saturated heterocycles. The lowest BCUT2D eigenvalue weighted by Gasteiger charge is -2.20. The molecule has 0 radical (unpaired) electrons. The number of halogens is 1. The zero-order chi connectivity index (χ0) is 20.2. The number of hydrogen-bond acceptors (Lipinski definition) is 4. The minimum atomic E-state index is -0.305. The molecule has 0 spiro atoms. The van der Waals surface area contributed by atoms with E-state index >= 15 is 0 Å². The van der Waals surface area contributed by atoms with Gasteiger partial charge < -0.3 is 9.73 Å². The third-order valence-corrected chi connectivity index (χ3v) is 5.02. The maximum atomic E-state index is 13.0. The molecule has 0 aliphatic heterocycles. The van der Waals surface area contributed by atoms with E-state index in [-0.39, 0.29) is 17.4 Å². The molecule has 6 heteroatoms. The van der Waals surface area contributed by atoms with Crippen molar-refractivity contribution in [3.05, 3.63) is 88.9 Å². The lowest BCUT2D eigenvalue weighted by atomic mass is 10.1. The fraction of sp³-hybridized carbons (Fsp3) is 0.304. The minimum Gasteiger partial charge on any atom is -0.447 e. The quantitative estimate of drug-likeness (QED) is 0.623. The van der Waals surface area contributed by atoms with Crippen LogP contribution >= 0.6 is 0 Å². The summed E-state index contributed by atoms with van der Waals surface area (Å²) in [6.45, 7) is 3.81. The second kappa shape index (κ2) is 8.57. The van der Waals surface area contributed by atoms with Crippen LogP contribution in [0.1, 0.15) is 45.9 Å². The first-order valence-electron chi connectivity index (χ1n) is 9.83. The van der Waals surface area contributed by atoms with Gasteiger partial charge in [-0.25, -0.2) is 9.37 Å². The average molecular weight is 393 g/mol. The minimum absolute atomic E-state index is 0.258. The molecule has 1 N–H and O–H groups in total. The van der Waals surface area contributed by atoms with Gasteiger partial charge in [0.05, 0.1) is 6.54 Å². The summed E-state index contributed by atoms with van der Waals surface area (Å²) in [7, 11) is 0. The van der Waals surface area contributed by atoms with Crippen molar-refractivity contribution in [2.75, 3.05) is 0 Å². The highest BCUT2D eigenvalue weighted by Gasteiger charge is 2.30.